The van der Waals surface area contributed by atoms with Gasteiger partial charge in [-0.1, -0.05) is 55.9 Å². The zero-order valence-electron chi connectivity index (χ0n) is 18.8. The van der Waals surface area contributed by atoms with Gasteiger partial charge in [-0.25, -0.2) is 15.0 Å². The Kier molecular flexibility index (Phi) is 6.05. The van der Waals surface area contributed by atoms with Crippen LogP contribution in [0.1, 0.15) is 48.6 Å². The molecule has 32 heavy (non-hydrogen) atoms. The first kappa shape index (κ1) is 21.6. The first-order chi connectivity index (χ1) is 15.6. The number of anilines is 1. The summed E-state index contributed by atoms with van der Waals surface area (Å²) < 4.78 is 1.07. The molecule has 0 saturated carbocycles. The Hall–Kier alpha value is -2.22. The second-order valence-electron chi connectivity index (χ2n) is 8.59. The molecule has 1 aliphatic rings. The lowest BCUT2D eigenvalue weighted by molar-refractivity contribution is 0.301. The number of aromatic nitrogens is 3. The van der Waals surface area contributed by atoms with Crippen LogP contribution in [0.5, 0.6) is 0 Å². The lowest BCUT2D eigenvalue weighted by atomic mass is 9.99. The number of nitrogens with zero attached hydrogens (tertiary/aromatic N) is 4. The smallest absolute Gasteiger partial charge is 0.189 e. The van der Waals surface area contributed by atoms with Crippen LogP contribution >= 0.6 is 23.1 Å². The number of fused-ring (bicyclic) bond motifs is 5. The van der Waals surface area contributed by atoms with Crippen molar-refractivity contribution in [1.29, 1.82) is 0 Å². The largest absolute Gasteiger partial charge is 0.395 e. The molecular weight excluding hydrogens is 436 g/mol. The molecule has 0 atom stereocenters. The van der Waals surface area contributed by atoms with E-state index in [1.807, 2.05) is 12.3 Å². The number of aryl methyl sites for hydroxylation is 1. The van der Waals surface area contributed by atoms with E-state index < -0.39 is 0 Å². The molecule has 0 spiro atoms. The van der Waals surface area contributed by atoms with Crippen LogP contribution < -0.4 is 4.90 Å². The average molecular weight is 465 g/mol. The summed E-state index contributed by atoms with van der Waals surface area (Å²) in [6, 6.07) is 10.4. The Morgan fingerprint density at radius 3 is 2.59 bits per heavy atom. The number of rotatable bonds is 7. The molecule has 7 heteroatoms. The highest BCUT2D eigenvalue weighted by Crippen LogP contribution is 2.44. The summed E-state index contributed by atoms with van der Waals surface area (Å²) in [6.45, 7) is 5.76. The van der Waals surface area contributed by atoms with Crippen LogP contribution in [0.15, 0.2) is 35.5 Å². The Labute approximate surface area is 196 Å². The van der Waals surface area contributed by atoms with Gasteiger partial charge in [0.15, 0.2) is 11.0 Å². The highest BCUT2D eigenvalue weighted by molar-refractivity contribution is 7.98. The topological polar surface area (TPSA) is 62.1 Å². The summed E-state index contributed by atoms with van der Waals surface area (Å²) in [5, 5.41) is 11.8. The van der Waals surface area contributed by atoms with Gasteiger partial charge >= 0.3 is 0 Å². The predicted octanol–water partition coefficient (Wildman–Crippen LogP) is 5.57. The van der Waals surface area contributed by atoms with Crippen molar-refractivity contribution >= 4 is 49.3 Å². The van der Waals surface area contributed by atoms with Gasteiger partial charge in [0.2, 0.25) is 0 Å². The van der Waals surface area contributed by atoms with Crippen LogP contribution in [0, 0.1) is 0 Å². The predicted molar refractivity (Wildman–Crippen MR) is 135 cm³/mol. The molecule has 4 aromatic rings. The molecule has 0 amide bonds. The number of hydrogen-bond donors (Lipinski definition) is 1. The van der Waals surface area contributed by atoms with Gasteiger partial charge in [0, 0.05) is 24.2 Å². The molecule has 5 rings (SSSR count). The number of aliphatic hydroxyl groups is 1. The zero-order valence-corrected chi connectivity index (χ0v) is 20.4. The van der Waals surface area contributed by atoms with Crippen LogP contribution in [0.25, 0.3) is 20.4 Å². The summed E-state index contributed by atoms with van der Waals surface area (Å²) >= 11 is 3.27. The molecule has 0 radical (unpaired) electrons. The normalized spacial score (nSPS) is 13.4. The van der Waals surface area contributed by atoms with E-state index in [-0.39, 0.29) is 6.61 Å². The molecule has 3 aromatic heterocycles. The molecule has 0 unspecified atom stereocenters. The number of hydrogen-bond acceptors (Lipinski definition) is 7. The average Bonchev–Trinajstić information content (AvgIpc) is 3.42. The minimum absolute atomic E-state index is 0.0724. The Morgan fingerprint density at radius 1 is 1.09 bits per heavy atom. The van der Waals surface area contributed by atoms with Gasteiger partial charge < -0.3 is 10.0 Å². The van der Waals surface area contributed by atoms with Gasteiger partial charge in [-0.05, 0) is 48.1 Å². The SMILES string of the molecule is CSc1nc(N(CCO)Cc2ccccc2)c2sc3nc(C(C)C)c4c(c3c2n1)CCC4. The van der Waals surface area contributed by atoms with Gasteiger partial charge in [0.25, 0.3) is 0 Å². The van der Waals surface area contributed by atoms with Crippen molar-refractivity contribution in [3.05, 3.63) is 52.7 Å². The van der Waals surface area contributed by atoms with E-state index >= 15 is 0 Å². The van der Waals surface area contributed by atoms with Crippen LogP contribution in [-0.2, 0) is 19.4 Å². The highest BCUT2D eigenvalue weighted by atomic mass is 32.2. The summed E-state index contributed by atoms with van der Waals surface area (Å²) in [5.41, 5.74) is 6.34. The number of pyridine rings is 1. The summed E-state index contributed by atoms with van der Waals surface area (Å²) in [6.07, 6.45) is 5.41. The van der Waals surface area contributed by atoms with Gasteiger partial charge in [0.05, 0.1) is 16.8 Å². The standard InChI is InChI=1S/C25H28N4OS2/c1-15(2)20-18-11-7-10-17(18)19-21-22(32-24(19)26-20)23(28-25(27-21)31-3)29(12-13-30)14-16-8-5-4-6-9-16/h4-6,8-9,15,30H,7,10-14H2,1-3H3. The second kappa shape index (κ2) is 8.96. The van der Waals surface area contributed by atoms with E-state index in [2.05, 4.69) is 43.0 Å². The van der Waals surface area contributed by atoms with Crippen LogP contribution in [0.3, 0.4) is 0 Å². The van der Waals surface area contributed by atoms with Crippen molar-refractivity contribution in [1.82, 2.24) is 15.0 Å². The Bertz CT molecular complexity index is 1270. The third-order valence-corrected chi connectivity index (χ3v) is 7.76. The van der Waals surface area contributed by atoms with E-state index in [1.54, 1.807) is 23.1 Å². The molecule has 166 valence electrons. The molecule has 1 aromatic carbocycles. The van der Waals surface area contributed by atoms with Gasteiger partial charge in [-0.2, -0.15) is 0 Å². The van der Waals surface area contributed by atoms with Crippen molar-refractivity contribution in [2.75, 3.05) is 24.3 Å². The number of thiophene rings is 1. The molecule has 3 heterocycles. The van der Waals surface area contributed by atoms with E-state index in [4.69, 9.17) is 15.0 Å². The molecule has 5 nitrogen and oxygen atoms in total. The third-order valence-electron chi connectivity index (χ3n) is 6.14. The fraction of sp³-hybridized carbons (Fsp3) is 0.400. The minimum Gasteiger partial charge on any atom is -0.395 e. The quantitative estimate of drug-likeness (QED) is 0.285. The Morgan fingerprint density at radius 2 is 1.88 bits per heavy atom. The number of aliphatic hydroxyl groups excluding tert-OH is 1. The molecule has 0 aliphatic heterocycles. The van der Waals surface area contributed by atoms with Gasteiger partial charge in [-0.3, -0.25) is 0 Å². The van der Waals surface area contributed by atoms with E-state index in [9.17, 15) is 5.11 Å². The van der Waals surface area contributed by atoms with Crippen molar-refractivity contribution in [2.24, 2.45) is 0 Å². The van der Waals surface area contributed by atoms with Gasteiger partial charge in [0.1, 0.15) is 4.83 Å². The lowest BCUT2D eigenvalue weighted by Gasteiger charge is -2.23. The molecule has 0 saturated heterocycles. The number of benzene rings is 1. The maximum absolute atomic E-state index is 9.84. The van der Waals surface area contributed by atoms with Crippen molar-refractivity contribution in [2.45, 2.75) is 50.7 Å². The zero-order chi connectivity index (χ0) is 22.2. The highest BCUT2D eigenvalue weighted by Gasteiger charge is 2.27. The fourth-order valence-corrected chi connectivity index (χ4v) is 6.26. The summed E-state index contributed by atoms with van der Waals surface area (Å²) in [7, 11) is 0. The van der Waals surface area contributed by atoms with Crippen molar-refractivity contribution in [3.63, 3.8) is 0 Å². The van der Waals surface area contributed by atoms with Crippen molar-refractivity contribution in [3.8, 4) is 0 Å². The van der Waals surface area contributed by atoms with E-state index in [0.717, 1.165) is 38.9 Å². The molecule has 1 N–H and O–H groups in total. The lowest BCUT2D eigenvalue weighted by Crippen LogP contribution is -2.27. The molecule has 0 fully saturated rings. The molecule has 0 bridgehead atoms. The fourth-order valence-electron chi connectivity index (χ4n) is 4.73. The van der Waals surface area contributed by atoms with Crippen LogP contribution in [0.2, 0.25) is 0 Å². The molecular formula is C25H28N4OS2. The first-order valence-corrected chi connectivity index (χ1v) is 13.2. The monoisotopic (exact) mass is 464 g/mol. The maximum atomic E-state index is 9.84. The maximum Gasteiger partial charge on any atom is 0.189 e. The Balaban J connectivity index is 1.75. The first-order valence-electron chi connectivity index (χ1n) is 11.2. The minimum atomic E-state index is 0.0724. The number of thioether (sulfide) groups is 1. The van der Waals surface area contributed by atoms with Crippen LogP contribution in [-0.4, -0.2) is 39.5 Å². The summed E-state index contributed by atoms with van der Waals surface area (Å²) in [5.74, 6) is 1.31. The second-order valence-corrected chi connectivity index (χ2v) is 10.4. The van der Waals surface area contributed by atoms with Crippen LogP contribution in [0.4, 0.5) is 5.82 Å². The van der Waals surface area contributed by atoms with E-state index in [1.165, 1.54) is 34.2 Å². The van der Waals surface area contributed by atoms with Crippen molar-refractivity contribution < 1.29 is 5.11 Å². The third kappa shape index (κ3) is 3.76. The molecule has 1 aliphatic carbocycles. The van der Waals surface area contributed by atoms with E-state index in [0.29, 0.717) is 19.0 Å². The van der Waals surface area contributed by atoms with Gasteiger partial charge in [-0.15, -0.1) is 11.3 Å². The summed E-state index contributed by atoms with van der Waals surface area (Å²) in [4.78, 5) is 18.3.